The minimum atomic E-state index is -0.627. The molecule has 2 heterocycles. The molecule has 6 nitrogen and oxygen atoms in total. The fraction of sp³-hybridized carbons (Fsp3) is 0.562. The van der Waals surface area contributed by atoms with Crippen molar-refractivity contribution in [3.63, 3.8) is 0 Å². The molecule has 126 valence electrons. The molecule has 1 unspecified atom stereocenters. The molecule has 7 heteroatoms. The first-order valence-corrected chi connectivity index (χ1v) is 8.25. The highest BCUT2D eigenvalue weighted by Gasteiger charge is 2.35. The second-order valence-electron chi connectivity index (χ2n) is 6.42. The van der Waals surface area contributed by atoms with Gasteiger partial charge in [0.25, 0.3) is 0 Å². The van der Waals surface area contributed by atoms with Crippen molar-refractivity contribution < 1.29 is 19.1 Å². The summed E-state index contributed by atoms with van der Waals surface area (Å²) in [5.41, 5.74) is 0.191. The van der Waals surface area contributed by atoms with Crippen LogP contribution in [0, 0.1) is 0 Å². The van der Waals surface area contributed by atoms with Crippen molar-refractivity contribution in [1.29, 1.82) is 0 Å². The van der Waals surface area contributed by atoms with E-state index < -0.39 is 17.7 Å². The molecule has 1 amide bonds. The Bertz CT molecular complexity index is 586. The number of rotatable bonds is 3. The lowest BCUT2D eigenvalue weighted by Gasteiger charge is -2.35. The molecule has 23 heavy (non-hydrogen) atoms. The first-order chi connectivity index (χ1) is 10.8. The number of pyridine rings is 1. The Morgan fingerprint density at radius 1 is 1.43 bits per heavy atom. The van der Waals surface area contributed by atoms with Crippen LogP contribution in [0.4, 0.5) is 4.79 Å². The Kier molecular flexibility index (Phi) is 5.75. The zero-order chi connectivity index (χ0) is 17.0. The molecule has 0 spiro atoms. The SMILES string of the molecule is CC(C)(C)OC(=O)N1CCOCC1C(=O)Cc1cncc(Br)c1. The lowest BCUT2D eigenvalue weighted by molar-refractivity contribution is -0.129. The van der Waals surface area contributed by atoms with Crippen LogP contribution in [0.5, 0.6) is 0 Å². The van der Waals surface area contributed by atoms with Gasteiger partial charge in [0.2, 0.25) is 0 Å². The van der Waals surface area contributed by atoms with Crippen molar-refractivity contribution in [2.24, 2.45) is 0 Å². The first-order valence-electron chi connectivity index (χ1n) is 7.46. The summed E-state index contributed by atoms with van der Waals surface area (Å²) in [5.74, 6) is -0.0875. The third kappa shape index (κ3) is 5.28. The number of ketones is 1. The molecular weight excluding hydrogens is 364 g/mol. The predicted molar refractivity (Wildman–Crippen MR) is 88.2 cm³/mol. The molecule has 1 atom stereocenters. The van der Waals surface area contributed by atoms with Crippen molar-refractivity contribution in [3.05, 3.63) is 28.5 Å². The number of Topliss-reactive ketones (excluding diaryl/α,β-unsaturated/α-hetero) is 1. The molecule has 1 aliphatic rings. The van der Waals surface area contributed by atoms with E-state index in [9.17, 15) is 9.59 Å². The third-order valence-electron chi connectivity index (χ3n) is 3.27. The van der Waals surface area contributed by atoms with E-state index in [1.165, 1.54) is 4.90 Å². The van der Waals surface area contributed by atoms with Gasteiger partial charge in [0.05, 0.1) is 13.2 Å². The second-order valence-corrected chi connectivity index (χ2v) is 7.33. The third-order valence-corrected chi connectivity index (χ3v) is 3.70. The van der Waals surface area contributed by atoms with Gasteiger partial charge < -0.3 is 9.47 Å². The number of ether oxygens (including phenoxy) is 2. The van der Waals surface area contributed by atoms with E-state index in [1.54, 1.807) is 33.2 Å². The van der Waals surface area contributed by atoms with Gasteiger partial charge in [-0.25, -0.2) is 4.79 Å². The number of hydrogen-bond donors (Lipinski definition) is 0. The summed E-state index contributed by atoms with van der Waals surface area (Å²) < 4.78 is 11.6. The van der Waals surface area contributed by atoms with Crippen LogP contribution in [0.25, 0.3) is 0 Å². The van der Waals surface area contributed by atoms with Crippen LogP contribution in [0.1, 0.15) is 26.3 Å². The molecule has 1 fully saturated rings. The molecule has 0 aromatic carbocycles. The molecule has 1 aromatic heterocycles. The second kappa shape index (κ2) is 7.40. The highest BCUT2D eigenvalue weighted by molar-refractivity contribution is 9.10. The molecule has 0 saturated carbocycles. The number of carbonyl (C=O) groups is 2. The Labute approximate surface area is 144 Å². The molecule has 1 aromatic rings. The molecular formula is C16H21BrN2O4. The van der Waals surface area contributed by atoms with Gasteiger partial charge in [-0.1, -0.05) is 0 Å². The normalized spacial score (nSPS) is 18.6. The summed E-state index contributed by atoms with van der Waals surface area (Å²) in [7, 11) is 0. The maximum Gasteiger partial charge on any atom is 0.411 e. The van der Waals surface area contributed by atoms with Crippen molar-refractivity contribution in [2.45, 2.75) is 38.8 Å². The van der Waals surface area contributed by atoms with Gasteiger partial charge >= 0.3 is 6.09 Å². The smallest absolute Gasteiger partial charge is 0.411 e. The minimum Gasteiger partial charge on any atom is -0.444 e. The summed E-state index contributed by atoms with van der Waals surface area (Å²) in [6, 6.07) is 1.21. The fourth-order valence-electron chi connectivity index (χ4n) is 2.28. The Balaban J connectivity index is 2.08. The zero-order valence-corrected chi connectivity index (χ0v) is 15.1. The Hall–Kier alpha value is -1.47. The van der Waals surface area contributed by atoms with Crippen LogP contribution >= 0.6 is 15.9 Å². The molecule has 0 N–H and O–H groups in total. The van der Waals surface area contributed by atoms with Crippen molar-refractivity contribution in [2.75, 3.05) is 19.8 Å². The number of amides is 1. The Morgan fingerprint density at radius 2 is 2.17 bits per heavy atom. The van der Waals surface area contributed by atoms with E-state index in [4.69, 9.17) is 9.47 Å². The van der Waals surface area contributed by atoms with Gasteiger partial charge in [0, 0.05) is 29.8 Å². The number of nitrogens with zero attached hydrogens (tertiary/aromatic N) is 2. The van der Waals surface area contributed by atoms with Gasteiger partial charge in [0.15, 0.2) is 5.78 Å². The fourth-order valence-corrected chi connectivity index (χ4v) is 2.69. The average molecular weight is 385 g/mol. The average Bonchev–Trinajstić information content (AvgIpc) is 2.45. The van der Waals surface area contributed by atoms with E-state index in [1.807, 2.05) is 6.07 Å². The van der Waals surface area contributed by atoms with E-state index >= 15 is 0 Å². The first kappa shape index (κ1) is 17.9. The summed E-state index contributed by atoms with van der Waals surface area (Å²) in [6.45, 7) is 6.35. The van der Waals surface area contributed by atoms with E-state index in [0.29, 0.717) is 13.2 Å². The summed E-state index contributed by atoms with van der Waals surface area (Å²) >= 11 is 3.33. The van der Waals surface area contributed by atoms with Gasteiger partial charge in [0.1, 0.15) is 11.6 Å². The number of morpholine rings is 1. The summed E-state index contributed by atoms with van der Waals surface area (Å²) in [4.78, 5) is 30.4. The molecule has 0 aliphatic carbocycles. The van der Waals surface area contributed by atoms with Crippen LogP contribution in [0.2, 0.25) is 0 Å². The lowest BCUT2D eigenvalue weighted by Crippen LogP contribution is -2.54. The van der Waals surface area contributed by atoms with Crippen LogP contribution in [-0.2, 0) is 20.7 Å². The summed E-state index contributed by atoms with van der Waals surface area (Å²) in [6.07, 6.45) is 3.01. The Morgan fingerprint density at radius 3 is 2.83 bits per heavy atom. The standard InChI is InChI=1S/C16H21BrN2O4/c1-16(2,3)23-15(21)19-4-5-22-10-13(19)14(20)7-11-6-12(17)9-18-8-11/h6,8-9,13H,4-5,7,10H2,1-3H3. The number of hydrogen-bond acceptors (Lipinski definition) is 5. The quantitative estimate of drug-likeness (QED) is 0.800. The van der Waals surface area contributed by atoms with E-state index in [2.05, 4.69) is 20.9 Å². The maximum absolute atomic E-state index is 12.6. The van der Waals surface area contributed by atoms with Gasteiger partial charge in [-0.3, -0.25) is 14.7 Å². The molecule has 1 aliphatic heterocycles. The predicted octanol–water partition coefficient (Wildman–Crippen LogP) is 2.59. The van der Waals surface area contributed by atoms with Crippen molar-refractivity contribution >= 4 is 27.8 Å². The van der Waals surface area contributed by atoms with Crippen molar-refractivity contribution in [3.8, 4) is 0 Å². The molecule has 1 saturated heterocycles. The van der Waals surface area contributed by atoms with Crippen molar-refractivity contribution in [1.82, 2.24) is 9.88 Å². The van der Waals surface area contributed by atoms with Gasteiger partial charge in [-0.05, 0) is 48.3 Å². The largest absolute Gasteiger partial charge is 0.444 e. The highest BCUT2D eigenvalue weighted by atomic mass is 79.9. The van der Waals surface area contributed by atoms with Crippen LogP contribution in [0.15, 0.2) is 22.9 Å². The number of halogens is 1. The summed E-state index contributed by atoms with van der Waals surface area (Å²) in [5, 5.41) is 0. The lowest BCUT2D eigenvalue weighted by atomic mass is 10.0. The maximum atomic E-state index is 12.6. The van der Waals surface area contributed by atoms with E-state index in [-0.39, 0.29) is 18.8 Å². The van der Waals surface area contributed by atoms with Crippen LogP contribution in [-0.4, -0.2) is 53.2 Å². The zero-order valence-electron chi connectivity index (χ0n) is 13.5. The minimum absolute atomic E-state index is 0.0875. The molecule has 2 rings (SSSR count). The van der Waals surface area contributed by atoms with Crippen LogP contribution < -0.4 is 0 Å². The number of aromatic nitrogens is 1. The highest BCUT2D eigenvalue weighted by Crippen LogP contribution is 2.17. The monoisotopic (exact) mass is 384 g/mol. The van der Waals surface area contributed by atoms with E-state index in [0.717, 1.165) is 10.0 Å². The molecule has 0 bridgehead atoms. The number of carbonyl (C=O) groups excluding carboxylic acids is 2. The van der Waals surface area contributed by atoms with Gasteiger partial charge in [-0.2, -0.15) is 0 Å². The van der Waals surface area contributed by atoms with Gasteiger partial charge in [-0.15, -0.1) is 0 Å². The molecule has 0 radical (unpaired) electrons. The van der Waals surface area contributed by atoms with Crippen LogP contribution in [0.3, 0.4) is 0 Å². The topological polar surface area (TPSA) is 68.7 Å².